The van der Waals surface area contributed by atoms with Crippen LogP contribution in [0.1, 0.15) is 37.3 Å². The number of nitrogens with zero attached hydrogens (tertiary/aromatic N) is 3. The van der Waals surface area contributed by atoms with Gasteiger partial charge in [-0.2, -0.15) is 0 Å². The maximum atomic E-state index is 12.5. The van der Waals surface area contributed by atoms with Crippen LogP contribution in [-0.2, 0) is 12.3 Å². The predicted octanol–water partition coefficient (Wildman–Crippen LogP) is 3.67. The first-order chi connectivity index (χ1) is 12.0. The van der Waals surface area contributed by atoms with Gasteiger partial charge in [0.25, 0.3) is 5.91 Å². The average molecular weight is 374 g/mol. The van der Waals surface area contributed by atoms with E-state index in [0.29, 0.717) is 22.9 Å². The van der Waals surface area contributed by atoms with Gasteiger partial charge >= 0.3 is 0 Å². The molecule has 25 heavy (non-hydrogen) atoms. The second-order valence-corrected chi connectivity index (χ2v) is 7.76. The van der Waals surface area contributed by atoms with E-state index in [9.17, 15) is 4.79 Å². The number of thioether (sulfide) groups is 1. The highest BCUT2D eigenvalue weighted by atomic mass is 32.2. The number of hydrogen-bond acceptors (Lipinski definition) is 7. The van der Waals surface area contributed by atoms with Gasteiger partial charge in [-0.1, -0.05) is 5.16 Å². The predicted molar refractivity (Wildman–Crippen MR) is 97.8 cm³/mol. The molecule has 3 aromatic rings. The maximum Gasteiger partial charge on any atom is 0.254 e. The number of hydrogen-bond donors (Lipinski definition) is 1. The summed E-state index contributed by atoms with van der Waals surface area (Å²) in [4.78, 5) is 22.1. The molecule has 0 saturated heterocycles. The molecule has 3 rings (SSSR count). The fourth-order valence-electron chi connectivity index (χ4n) is 2.28. The zero-order valence-electron chi connectivity index (χ0n) is 14.2. The van der Waals surface area contributed by atoms with Crippen molar-refractivity contribution in [2.24, 2.45) is 0 Å². The van der Waals surface area contributed by atoms with Gasteiger partial charge in [-0.05, 0) is 32.9 Å². The molecule has 0 aliphatic rings. The van der Waals surface area contributed by atoms with Gasteiger partial charge in [-0.3, -0.25) is 4.79 Å². The van der Waals surface area contributed by atoms with Crippen LogP contribution in [0.4, 0.5) is 0 Å². The number of amides is 1. The van der Waals surface area contributed by atoms with E-state index >= 15 is 0 Å². The van der Waals surface area contributed by atoms with Crippen molar-refractivity contribution in [3.63, 3.8) is 0 Å². The van der Waals surface area contributed by atoms with Crippen LogP contribution >= 0.6 is 23.1 Å². The van der Waals surface area contributed by atoms with Crippen LogP contribution in [0.2, 0.25) is 0 Å². The minimum atomic E-state index is -0.139. The molecule has 0 unspecified atom stereocenters. The number of thiazole rings is 1. The summed E-state index contributed by atoms with van der Waals surface area (Å²) < 4.78 is 5.18. The summed E-state index contributed by atoms with van der Waals surface area (Å²) in [5.74, 6) is 1.32. The second-order valence-electron chi connectivity index (χ2n) is 5.48. The monoisotopic (exact) mass is 374 g/mol. The quantitative estimate of drug-likeness (QED) is 0.663. The van der Waals surface area contributed by atoms with E-state index in [0.717, 1.165) is 26.9 Å². The number of carbonyl (C=O) groups excluding carboxylic acids is 1. The van der Waals surface area contributed by atoms with E-state index in [1.807, 2.05) is 20.8 Å². The molecule has 1 amide bonds. The second kappa shape index (κ2) is 7.79. The van der Waals surface area contributed by atoms with Gasteiger partial charge in [0.2, 0.25) is 0 Å². The van der Waals surface area contributed by atoms with E-state index in [-0.39, 0.29) is 5.91 Å². The first kappa shape index (κ1) is 17.6. The third-order valence-electron chi connectivity index (χ3n) is 3.64. The molecule has 130 valence electrons. The molecule has 0 radical (unpaired) electrons. The molecular formula is C17H18N4O2S2. The summed E-state index contributed by atoms with van der Waals surface area (Å²) >= 11 is 3.08. The highest BCUT2D eigenvalue weighted by molar-refractivity contribution is 7.98. The standard InChI is InChI=1S/C17H18N4O2S2/c1-10-15(11(2)23-21-10)9-24-17-14(5-4-6-18-17)16(22)20-8-13-7-19-12(3)25-13/h4-7H,8-9H2,1-3H3,(H,20,22). The molecular weight excluding hydrogens is 356 g/mol. The van der Waals surface area contributed by atoms with Crippen LogP contribution in [0.15, 0.2) is 34.1 Å². The van der Waals surface area contributed by atoms with Crippen LogP contribution in [0.5, 0.6) is 0 Å². The molecule has 8 heteroatoms. The molecule has 3 heterocycles. The van der Waals surface area contributed by atoms with Crippen molar-refractivity contribution in [3.8, 4) is 0 Å². The number of carbonyl (C=O) groups is 1. The van der Waals surface area contributed by atoms with Crippen molar-refractivity contribution in [2.75, 3.05) is 0 Å². The average Bonchev–Trinajstić information content (AvgIpc) is 3.17. The highest BCUT2D eigenvalue weighted by Crippen LogP contribution is 2.27. The minimum Gasteiger partial charge on any atom is -0.361 e. The lowest BCUT2D eigenvalue weighted by molar-refractivity contribution is 0.0947. The lowest BCUT2D eigenvalue weighted by atomic mass is 10.2. The summed E-state index contributed by atoms with van der Waals surface area (Å²) in [6.45, 7) is 6.21. The van der Waals surface area contributed by atoms with E-state index in [4.69, 9.17) is 4.52 Å². The highest BCUT2D eigenvalue weighted by Gasteiger charge is 2.15. The normalized spacial score (nSPS) is 10.8. The SMILES string of the molecule is Cc1ncc(CNC(=O)c2cccnc2SCc2c(C)noc2C)s1. The van der Waals surface area contributed by atoms with E-state index < -0.39 is 0 Å². The Balaban J connectivity index is 1.68. The van der Waals surface area contributed by atoms with Gasteiger partial charge < -0.3 is 9.84 Å². The van der Waals surface area contributed by atoms with Crippen LogP contribution in [0, 0.1) is 20.8 Å². The third kappa shape index (κ3) is 4.26. The molecule has 1 N–H and O–H groups in total. The lowest BCUT2D eigenvalue weighted by Gasteiger charge is -2.08. The van der Waals surface area contributed by atoms with E-state index in [1.54, 1.807) is 35.9 Å². The maximum absolute atomic E-state index is 12.5. The number of aromatic nitrogens is 3. The van der Waals surface area contributed by atoms with Crippen molar-refractivity contribution >= 4 is 29.0 Å². The Bertz CT molecular complexity index is 869. The van der Waals surface area contributed by atoms with Gasteiger partial charge in [0.05, 0.1) is 22.8 Å². The van der Waals surface area contributed by atoms with Crippen LogP contribution in [0.25, 0.3) is 0 Å². The first-order valence-corrected chi connectivity index (χ1v) is 9.54. The Morgan fingerprint density at radius 1 is 1.32 bits per heavy atom. The van der Waals surface area contributed by atoms with Gasteiger partial charge in [-0.15, -0.1) is 23.1 Å². The van der Waals surface area contributed by atoms with Crippen molar-refractivity contribution < 1.29 is 9.32 Å². The summed E-state index contributed by atoms with van der Waals surface area (Å²) in [6.07, 6.45) is 3.48. The van der Waals surface area contributed by atoms with Crippen LogP contribution < -0.4 is 5.32 Å². The van der Waals surface area contributed by atoms with Gasteiger partial charge in [-0.25, -0.2) is 9.97 Å². The molecule has 0 saturated carbocycles. The summed E-state index contributed by atoms with van der Waals surface area (Å²) in [6, 6.07) is 3.56. The summed E-state index contributed by atoms with van der Waals surface area (Å²) in [5.41, 5.74) is 2.48. The molecule has 0 spiro atoms. The molecule has 0 aliphatic carbocycles. The summed E-state index contributed by atoms with van der Waals surface area (Å²) in [5, 5.41) is 8.57. The molecule has 0 aromatic carbocycles. The van der Waals surface area contributed by atoms with E-state index in [2.05, 4.69) is 20.4 Å². The fourth-order valence-corrected chi connectivity index (χ4v) is 4.16. The molecule has 0 bridgehead atoms. The molecule has 0 atom stereocenters. The fraction of sp³-hybridized carbons (Fsp3) is 0.294. The van der Waals surface area contributed by atoms with Gasteiger partial charge in [0.15, 0.2) is 0 Å². The van der Waals surface area contributed by atoms with Crippen molar-refractivity contribution in [2.45, 2.75) is 38.1 Å². The van der Waals surface area contributed by atoms with Crippen molar-refractivity contribution in [1.82, 2.24) is 20.4 Å². The van der Waals surface area contributed by atoms with E-state index in [1.165, 1.54) is 11.8 Å². The lowest BCUT2D eigenvalue weighted by Crippen LogP contribution is -2.23. The molecule has 0 aliphatic heterocycles. The number of nitrogens with one attached hydrogen (secondary N) is 1. The number of aryl methyl sites for hydroxylation is 3. The Hall–Kier alpha value is -2.19. The number of rotatable bonds is 6. The third-order valence-corrected chi connectivity index (χ3v) is 5.59. The van der Waals surface area contributed by atoms with Gasteiger partial charge in [0, 0.05) is 28.6 Å². The smallest absolute Gasteiger partial charge is 0.254 e. The Morgan fingerprint density at radius 3 is 2.84 bits per heavy atom. The van der Waals surface area contributed by atoms with Crippen LogP contribution in [-0.4, -0.2) is 21.0 Å². The summed E-state index contributed by atoms with van der Waals surface area (Å²) in [7, 11) is 0. The Kier molecular flexibility index (Phi) is 5.50. The van der Waals surface area contributed by atoms with Crippen LogP contribution in [0.3, 0.4) is 0 Å². The first-order valence-electron chi connectivity index (χ1n) is 7.73. The molecule has 6 nitrogen and oxygen atoms in total. The minimum absolute atomic E-state index is 0.139. The zero-order valence-corrected chi connectivity index (χ0v) is 15.8. The molecule has 3 aromatic heterocycles. The van der Waals surface area contributed by atoms with Crippen molar-refractivity contribution in [1.29, 1.82) is 0 Å². The number of pyridine rings is 1. The van der Waals surface area contributed by atoms with Gasteiger partial charge in [0.1, 0.15) is 10.8 Å². The largest absolute Gasteiger partial charge is 0.361 e. The molecule has 0 fully saturated rings. The Morgan fingerprint density at radius 2 is 2.16 bits per heavy atom. The topological polar surface area (TPSA) is 80.9 Å². The Labute approximate surface area is 154 Å². The zero-order chi connectivity index (χ0) is 17.8. The van der Waals surface area contributed by atoms with Crippen molar-refractivity contribution in [3.05, 3.63) is 57.0 Å².